The number of aromatic nitrogens is 1. The van der Waals surface area contributed by atoms with Gasteiger partial charge in [-0.05, 0) is 56.5 Å². The highest BCUT2D eigenvalue weighted by Gasteiger charge is 2.20. The van der Waals surface area contributed by atoms with Crippen LogP contribution in [-0.2, 0) is 9.53 Å². The minimum absolute atomic E-state index is 0.314. The Balaban J connectivity index is 1.84. The fraction of sp³-hybridized carbons (Fsp3) is 0.217. The Hall–Kier alpha value is -3.23. The Morgan fingerprint density at radius 2 is 1.84 bits per heavy atom. The summed E-state index contributed by atoms with van der Waals surface area (Å²) in [6.45, 7) is 5.25. The van der Waals surface area contributed by atoms with Crippen LogP contribution in [-0.4, -0.2) is 28.4 Å². The van der Waals surface area contributed by atoms with Gasteiger partial charge in [-0.3, -0.25) is 19.9 Å². The van der Waals surface area contributed by atoms with Gasteiger partial charge in [0.15, 0.2) is 5.78 Å². The number of anilines is 2. The van der Waals surface area contributed by atoms with Crippen molar-refractivity contribution in [2.24, 2.45) is 0 Å². The van der Waals surface area contributed by atoms with Crippen LogP contribution in [0.25, 0.3) is 11.3 Å². The second kappa shape index (κ2) is 9.93. The molecule has 7 nitrogen and oxygen atoms in total. The van der Waals surface area contributed by atoms with E-state index in [2.05, 4.69) is 15.6 Å². The zero-order valence-electron chi connectivity index (χ0n) is 17.8. The van der Waals surface area contributed by atoms with Crippen molar-refractivity contribution in [3.63, 3.8) is 0 Å². The number of carbonyl (C=O) groups is 3. The summed E-state index contributed by atoms with van der Waals surface area (Å²) in [5, 5.41) is 7.35. The Labute approximate surface area is 194 Å². The van der Waals surface area contributed by atoms with Crippen molar-refractivity contribution in [2.45, 2.75) is 32.8 Å². The molecule has 0 fully saturated rings. The van der Waals surface area contributed by atoms with Crippen LogP contribution in [0.3, 0.4) is 0 Å². The first-order valence-electron chi connectivity index (χ1n) is 9.74. The van der Waals surface area contributed by atoms with Gasteiger partial charge in [-0.15, -0.1) is 11.3 Å². The Bertz CT molecular complexity index is 1140. The standard InChI is InChI=1S/C23H22ClN3O4S/c1-23(2,3)31-22(30)27-17-8-7-14(16-6-4-5-10-25-16)12-18(17)26-20(29)13-19(28)21-15(24)9-11-32-21/h4-12H,13H2,1-3H3,(H,26,29)(H,27,30). The van der Waals surface area contributed by atoms with Gasteiger partial charge >= 0.3 is 6.09 Å². The summed E-state index contributed by atoms with van der Waals surface area (Å²) >= 11 is 7.17. The van der Waals surface area contributed by atoms with E-state index in [9.17, 15) is 14.4 Å². The van der Waals surface area contributed by atoms with Crippen molar-refractivity contribution in [3.8, 4) is 11.3 Å². The number of halogens is 1. The van der Waals surface area contributed by atoms with Crippen LogP contribution in [0.4, 0.5) is 16.2 Å². The Morgan fingerprint density at radius 3 is 2.47 bits per heavy atom. The molecule has 0 bridgehead atoms. The number of Topliss-reactive ketones (excluding diaryl/α,β-unsaturated/α-hetero) is 1. The Morgan fingerprint density at radius 1 is 1.06 bits per heavy atom. The van der Waals surface area contributed by atoms with E-state index in [4.69, 9.17) is 16.3 Å². The molecule has 2 aromatic heterocycles. The zero-order valence-corrected chi connectivity index (χ0v) is 19.3. The third-order valence-electron chi connectivity index (χ3n) is 4.08. The van der Waals surface area contributed by atoms with Gasteiger partial charge in [0.05, 0.1) is 33.4 Å². The van der Waals surface area contributed by atoms with Crippen LogP contribution in [0, 0.1) is 0 Å². The van der Waals surface area contributed by atoms with Gasteiger partial charge in [0.1, 0.15) is 5.60 Å². The summed E-state index contributed by atoms with van der Waals surface area (Å²) in [5.41, 5.74) is 1.37. The van der Waals surface area contributed by atoms with Crippen molar-refractivity contribution in [1.82, 2.24) is 4.98 Å². The van der Waals surface area contributed by atoms with E-state index in [-0.39, 0.29) is 12.2 Å². The molecule has 0 spiro atoms. The maximum atomic E-state index is 12.6. The third-order valence-corrected chi connectivity index (χ3v) is 5.46. The maximum absolute atomic E-state index is 12.6. The number of benzene rings is 1. The molecule has 32 heavy (non-hydrogen) atoms. The quantitative estimate of drug-likeness (QED) is 0.338. The lowest BCUT2D eigenvalue weighted by Gasteiger charge is -2.21. The average molecular weight is 472 g/mol. The molecule has 3 rings (SSSR count). The number of ketones is 1. The Kier molecular flexibility index (Phi) is 7.27. The summed E-state index contributed by atoms with van der Waals surface area (Å²) in [6, 6.07) is 12.2. The minimum Gasteiger partial charge on any atom is -0.444 e. The lowest BCUT2D eigenvalue weighted by Crippen LogP contribution is -2.27. The smallest absolute Gasteiger partial charge is 0.412 e. The molecule has 0 saturated heterocycles. The first kappa shape index (κ1) is 23.4. The molecule has 9 heteroatoms. The van der Waals surface area contributed by atoms with Crippen LogP contribution >= 0.6 is 22.9 Å². The monoisotopic (exact) mass is 471 g/mol. The molecule has 3 aromatic rings. The van der Waals surface area contributed by atoms with Crippen molar-refractivity contribution in [2.75, 3.05) is 10.6 Å². The molecule has 0 saturated carbocycles. The summed E-state index contributed by atoms with van der Waals surface area (Å²) in [7, 11) is 0. The maximum Gasteiger partial charge on any atom is 0.412 e. The van der Waals surface area contributed by atoms with Crippen molar-refractivity contribution in [1.29, 1.82) is 0 Å². The van der Waals surface area contributed by atoms with E-state index in [0.29, 0.717) is 27.0 Å². The first-order chi connectivity index (χ1) is 15.1. The highest BCUT2D eigenvalue weighted by Crippen LogP contribution is 2.29. The molecule has 0 aliphatic carbocycles. The third kappa shape index (κ3) is 6.38. The van der Waals surface area contributed by atoms with Gasteiger partial charge < -0.3 is 10.1 Å². The van der Waals surface area contributed by atoms with Crippen molar-refractivity contribution >= 4 is 52.1 Å². The summed E-state index contributed by atoms with van der Waals surface area (Å²) in [6.07, 6.45) is 0.601. The van der Waals surface area contributed by atoms with Crippen molar-refractivity contribution in [3.05, 3.63) is 63.9 Å². The molecule has 0 atom stereocenters. The normalized spacial score (nSPS) is 11.0. The topological polar surface area (TPSA) is 97.4 Å². The highest BCUT2D eigenvalue weighted by molar-refractivity contribution is 7.12. The first-order valence-corrected chi connectivity index (χ1v) is 11.0. The van der Waals surface area contributed by atoms with E-state index in [1.807, 2.05) is 12.1 Å². The molecule has 0 aliphatic rings. The van der Waals surface area contributed by atoms with E-state index in [1.165, 1.54) is 11.3 Å². The number of carbonyl (C=O) groups excluding carboxylic acids is 3. The number of ether oxygens (including phenoxy) is 1. The van der Waals surface area contributed by atoms with Crippen LogP contribution in [0.2, 0.25) is 5.02 Å². The van der Waals surface area contributed by atoms with Gasteiger partial charge in [-0.1, -0.05) is 23.7 Å². The van der Waals surface area contributed by atoms with Crippen molar-refractivity contribution < 1.29 is 19.1 Å². The lowest BCUT2D eigenvalue weighted by atomic mass is 10.1. The predicted molar refractivity (Wildman–Crippen MR) is 126 cm³/mol. The van der Waals surface area contributed by atoms with Crippen LogP contribution < -0.4 is 10.6 Å². The summed E-state index contributed by atoms with van der Waals surface area (Å²) < 4.78 is 5.30. The largest absolute Gasteiger partial charge is 0.444 e. The number of nitrogens with one attached hydrogen (secondary N) is 2. The fourth-order valence-corrected chi connectivity index (χ4v) is 3.88. The molecular weight excluding hydrogens is 450 g/mol. The fourth-order valence-electron chi connectivity index (χ4n) is 2.78. The zero-order chi connectivity index (χ0) is 23.3. The molecular formula is C23H22ClN3O4S. The molecule has 0 unspecified atom stereocenters. The molecule has 0 radical (unpaired) electrons. The summed E-state index contributed by atoms with van der Waals surface area (Å²) in [4.78, 5) is 41.9. The van der Waals surface area contributed by atoms with E-state index < -0.39 is 17.6 Å². The second-order valence-corrected chi connectivity index (χ2v) is 9.17. The second-order valence-electron chi connectivity index (χ2n) is 7.85. The molecule has 2 heterocycles. The van der Waals surface area contributed by atoms with E-state index in [0.717, 1.165) is 5.56 Å². The summed E-state index contributed by atoms with van der Waals surface area (Å²) in [5.74, 6) is -0.921. The van der Waals surface area contributed by atoms with E-state index >= 15 is 0 Å². The SMILES string of the molecule is CC(C)(C)OC(=O)Nc1ccc(-c2ccccn2)cc1NC(=O)CC(=O)c1sccc1Cl. The molecule has 2 amide bonds. The van der Waals surface area contributed by atoms with Crippen LogP contribution in [0.5, 0.6) is 0 Å². The lowest BCUT2D eigenvalue weighted by molar-refractivity contribution is -0.115. The minimum atomic E-state index is -0.687. The van der Waals surface area contributed by atoms with Gasteiger partial charge in [0.25, 0.3) is 0 Å². The number of hydrogen-bond acceptors (Lipinski definition) is 6. The van der Waals surface area contributed by atoms with E-state index in [1.54, 1.807) is 62.7 Å². The number of thiophene rings is 1. The van der Waals surface area contributed by atoms with Gasteiger partial charge in [-0.25, -0.2) is 4.79 Å². The van der Waals surface area contributed by atoms with Gasteiger partial charge in [0, 0.05) is 11.8 Å². The number of rotatable bonds is 6. The molecule has 0 aliphatic heterocycles. The average Bonchev–Trinajstić information content (AvgIpc) is 3.14. The molecule has 2 N–H and O–H groups in total. The molecule has 166 valence electrons. The predicted octanol–water partition coefficient (Wildman–Crippen LogP) is 6.02. The van der Waals surface area contributed by atoms with Gasteiger partial charge in [-0.2, -0.15) is 0 Å². The van der Waals surface area contributed by atoms with Crippen LogP contribution in [0.1, 0.15) is 36.9 Å². The number of nitrogens with zero attached hydrogens (tertiary/aromatic N) is 1. The highest BCUT2D eigenvalue weighted by atomic mass is 35.5. The van der Waals surface area contributed by atoms with Gasteiger partial charge in [0.2, 0.25) is 5.91 Å². The number of hydrogen-bond donors (Lipinski definition) is 2. The van der Waals surface area contributed by atoms with Crippen LogP contribution in [0.15, 0.2) is 54.0 Å². The molecule has 1 aromatic carbocycles. The number of pyridine rings is 1. The number of amides is 2.